The third-order valence-electron chi connectivity index (χ3n) is 4.21. The van der Waals surface area contributed by atoms with Gasteiger partial charge in [0.25, 0.3) is 10.0 Å². The van der Waals surface area contributed by atoms with Crippen molar-refractivity contribution in [1.29, 1.82) is 0 Å². The fraction of sp³-hybridized carbons (Fsp3) is 0.714. The fourth-order valence-electron chi connectivity index (χ4n) is 2.43. The second-order valence-corrected chi connectivity index (χ2v) is 9.83. The van der Waals surface area contributed by atoms with Crippen LogP contribution in [0, 0.1) is 0 Å². The Balaban J connectivity index is 3.19. The topological polar surface area (TPSA) is 138 Å². The SMILES string of the molecule is C=CC(=O)OCCC(=O)N1CCCCN(S(=O)(=O)C(F)(F)C(F)(F)C(F)(F)S(=O)(=O)O)C1. The van der Waals surface area contributed by atoms with Crippen molar-refractivity contribution in [1.82, 2.24) is 9.21 Å². The van der Waals surface area contributed by atoms with E-state index >= 15 is 0 Å². The van der Waals surface area contributed by atoms with Gasteiger partial charge in [-0.1, -0.05) is 6.58 Å². The van der Waals surface area contributed by atoms with Crippen LogP contribution in [-0.4, -0.2) is 85.3 Å². The molecule has 0 atom stereocenters. The number of nitrogens with zero attached hydrogens (tertiary/aromatic N) is 2. The molecule has 1 fully saturated rings. The molecule has 0 aromatic carbocycles. The molecular formula is C14H18F6N2O8S2. The van der Waals surface area contributed by atoms with E-state index < -0.39 is 74.7 Å². The second-order valence-electron chi connectivity index (χ2n) is 6.39. The van der Waals surface area contributed by atoms with Gasteiger partial charge in [0.05, 0.1) is 13.1 Å². The van der Waals surface area contributed by atoms with Gasteiger partial charge in [-0.3, -0.25) is 9.35 Å². The van der Waals surface area contributed by atoms with Crippen molar-refractivity contribution >= 4 is 32.0 Å². The van der Waals surface area contributed by atoms with Crippen LogP contribution in [0.1, 0.15) is 19.3 Å². The van der Waals surface area contributed by atoms with Crippen LogP contribution in [-0.2, 0) is 34.5 Å². The highest BCUT2D eigenvalue weighted by Crippen LogP contribution is 2.51. The van der Waals surface area contributed by atoms with E-state index in [0.29, 0.717) is 4.90 Å². The maximum atomic E-state index is 14.2. The van der Waals surface area contributed by atoms with E-state index in [1.807, 2.05) is 0 Å². The van der Waals surface area contributed by atoms with Crippen LogP contribution in [0.3, 0.4) is 0 Å². The van der Waals surface area contributed by atoms with Gasteiger partial charge in [0, 0.05) is 19.2 Å². The molecule has 0 aromatic rings. The van der Waals surface area contributed by atoms with E-state index in [9.17, 15) is 52.8 Å². The first kappa shape index (κ1) is 28.1. The normalized spacial score (nSPS) is 17.5. The molecule has 1 saturated heterocycles. The Morgan fingerprint density at radius 1 is 1.00 bits per heavy atom. The summed E-state index contributed by atoms with van der Waals surface area (Å²) in [6, 6.07) is 0. The molecule has 0 aromatic heterocycles. The van der Waals surface area contributed by atoms with Crippen LogP contribution in [0.25, 0.3) is 0 Å². The van der Waals surface area contributed by atoms with E-state index in [1.54, 1.807) is 0 Å². The minimum absolute atomic E-state index is 0.00729. The molecule has 0 spiro atoms. The average Bonchev–Trinajstić information content (AvgIpc) is 2.93. The van der Waals surface area contributed by atoms with E-state index in [2.05, 4.69) is 11.3 Å². The molecule has 0 radical (unpaired) electrons. The third kappa shape index (κ3) is 5.18. The second kappa shape index (κ2) is 9.52. The van der Waals surface area contributed by atoms with Gasteiger partial charge in [0.1, 0.15) is 6.61 Å². The van der Waals surface area contributed by atoms with Crippen LogP contribution < -0.4 is 0 Å². The number of sulfonamides is 1. The predicted molar refractivity (Wildman–Crippen MR) is 93.6 cm³/mol. The lowest BCUT2D eigenvalue weighted by molar-refractivity contribution is -0.247. The Kier molecular flexibility index (Phi) is 8.36. The van der Waals surface area contributed by atoms with Crippen LogP contribution in [0.15, 0.2) is 12.7 Å². The number of rotatable bonds is 9. The van der Waals surface area contributed by atoms with Crippen molar-refractivity contribution in [2.75, 3.05) is 26.4 Å². The first-order valence-electron chi connectivity index (χ1n) is 8.51. The maximum Gasteiger partial charge on any atom is 0.439 e. The summed E-state index contributed by atoms with van der Waals surface area (Å²) in [6.07, 6.45) is -0.0195. The summed E-state index contributed by atoms with van der Waals surface area (Å²) in [5, 5.41) is -13.6. The lowest BCUT2D eigenvalue weighted by Crippen LogP contribution is -2.63. The Labute approximate surface area is 178 Å². The average molecular weight is 520 g/mol. The molecule has 1 heterocycles. The summed E-state index contributed by atoms with van der Waals surface area (Å²) in [5.74, 6) is -8.92. The molecule has 1 amide bonds. The van der Waals surface area contributed by atoms with Crippen molar-refractivity contribution in [3.8, 4) is 0 Å². The Bertz CT molecular complexity index is 954. The lowest BCUT2D eigenvalue weighted by Gasteiger charge is -2.34. The third-order valence-corrected chi connectivity index (χ3v) is 7.00. The van der Waals surface area contributed by atoms with Crippen molar-refractivity contribution < 1.29 is 62.1 Å². The van der Waals surface area contributed by atoms with Gasteiger partial charge in [-0.15, -0.1) is 0 Å². The smallest absolute Gasteiger partial charge is 0.439 e. The Hall–Kier alpha value is -1.92. The Morgan fingerprint density at radius 2 is 1.53 bits per heavy atom. The fourth-order valence-corrected chi connectivity index (χ4v) is 4.39. The molecule has 32 heavy (non-hydrogen) atoms. The number of hydrogen-bond acceptors (Lipinski definition) is 7. The number of esters is 1. The molecule has 186 valence electrons. The van der Waals surface area contributed by atoms with Crippen molar-refractivity contribution in [3.05, 3.63) is 12.7 Å². The molecule has 0 bridgehead atoms. The van der Waals surface area contributed by atoms with Crippen molar-refractivity contribution in [2.24, 2.45) is 0 Å². The molecule has 0 aliphatic carbocycles. The van der Waals surface area contributed by atoms with Gasteiger partial charge in [-0.2, -0.15) is 39.1 Å². The lowest BCUT2D eigenvalue weighted by atomic mass is 10.3. The summed E-state index contributed by atoms with van der Waals surface area (Å²) in [4.78, 5) is 23.7. The minimum Gasteiger partial charge on any atom is -0.462 e. The molecular weight excluding hydrogens is 502 g/mol. The number of halogens is 6. The van der Waals surface area contributed by atoms with Crippen molar-refractivity contribution in [3.63, 3.8) is 0 Å². The molecule has 10 nitrogen and oxygen atoms in total. The highest BCUT2D eigenvalue weighted by molar-refractivity contribution is 7.90. The van der Waals surface area contributed by atoms with Gasteiger partial charge < -0.3 is 9.64 Å². The van der Waals surface area contributed by atoms with Crippen LogP contribution in [0.5, 0.6) is 0 Å². The molecule has 0 unspecified atom stereocenters. The molecule has 1 aliphatic heterocycles. The molecule has 0 saturated carbocycles. The predicted octanol–water partition coefficient (Wildman–Crippen LogP) is 1.03. The molecule has 18 heteroatoms. The summed E-state index contributed by atoms with van der Waals surface area (Å²) >= 11 is 0. The van der Waals surface area contributed by atoms with E-state index in [-0.39, 0.29) is 23.7 Å². The van der Waals surface area contributed by atoms with Gasteiger partial charge >= 0.3 is 32.5 Å². The Morgan fingerprint density at radius 3 is 2.03 bits per heavy atom. The zero-order valence-corrected chi connectivity index (χ0v) is 17.7. The summed E-state index contributed by atoms with van der Waals surface area (Å²) in [6.45, 7) is 0.207. The van der Waals surface area contributed by atoms with Crippen LogP contribution in [0.4, 0.5) is 26.3 Å². The zero-order chi connectivity index (χ0) is 25.2. The monoisotopic (exact) mass is 520 g/mol. The number of carbonyl (C=O) groups excluding carboxylic acids is 2. The van der Waals surface area contributed by atoms with Gasteiger partial charge in [-0.25, -0.2) is 13.2 Å². The largest absolute Gasteiger partial charge is 0.462 e. The van der Waals surface area contributed by atoms with Crippen LogP contribution in [0.2, 0.25) is 0 Å². The number of carbonyl (C=O) groups is 2. The zero-order valence-electron chi connectivity index (χ0n) is 16.0. The van der Waals surface area contributed by atoms with E-state index in [0.717, 1.165) is 6.08 Å². The van der Waals surface area contributed by atoms with Crippen LogP contribution >= 0.6 is 0 Å². The van der Waals surface area contributed by atoms with E-state index in [4.69, 9.17) is 4.55 Å². The van der Waals surface area contributed by atoms with Gasteiger partial charge in [-0.05, 0) is 12.8 Å². The number of amides is 1. The van der Waals surface area contributed by atoms with Crippen molar-refractivity contribution in [2.45, 2.75) is 35.7 Å². The van der Waals surface area contributed by atoms with Gasteiger partial charge in [0.2, 0.25) is 5.91 Å². The van der Waals surface area contributed by atoms with Gasteiger partial charge in [0.15, 0.2) is 0 Å². The minimum atomic E-state index is -7.14. The number of ether oxygens (including phenoxy) is 1. The maximum absolute atomic E-state index is 14.2. The quantitative estimate of drug-likeness (QED) is 0.206. The molecule has 1 aliphatic rings. The number of alkyl halides is 6. The first-order chi connectivity index (χ1) is 14.3. The summed E-state index contributed by atoms with van der Waals surface area (Å²) < 4.78 is 140. The van der Waals surface area contributed by atoms with E-state index in [1.165, 1.54) is 0 Å². The highest BCUT2D eigenvalue weighted by atomic mass is 32.2. The summed E-state index contributed by atoms with van der Waals surface area (Å²) in [7, 11) is -13.8. The first-order valence-corrected chi connectivity index (χ1v) is 11.4. The molecule has 1 N–H and O–H groups in total. The molecule has 1 rings (SSSR count). The number of hydrogen-bond donors (Lipinski definition) is 1. The highest BCUT2D eigenvalue weighted by Gasteiger charge is 2.82. The standard InChI is InChI=1S/C14H18F6N2O8S2/c1-2-11(24)30-8-5-10(23)21-6-3-4-7-22(9-21)31(25,26)13(17,18)12(15,16)14(19,20)32(27,28)29/h2H,1,3-9H2,(H,27,28,29). The summed E-state index contributed by atoms with van der Waals surface area (Å²) in [5.41, 5.74) is 0.